The number of benzene rings is 1. The summed E-state index contributed by atoms with van der Waals surface area (Å²) >= 11 is 0. The predicted octanol–water partition coefficient (Wildman–Crippen LogP) is 1.16. The van der Waals surface area contributed by atoms with Crippen molar-refractivity contribution >= 4 is 5.97 Å². The number of hydrogen-bond acceptors (Lipinski definition) is 4. The maximum atomic E-state index is 11.2. The van der Waals surface area contributed by atoms with Gasteiger partial charge in [0, 0.05) is 13.1 Å². The molecule has 2 rings (SSSR count). The highest BCUT2D eigenvalue weighted by molar-refractivity contribution is 5.75. The van der Waals surface area contributed by atoms with Gasteiger partial charge in [-0.1, -0.05) is 12.1 Å². The summed E-state index contributed by atoms with van der Waals surface area (Å²) in [6.45, 7) is 5.38. The predicted molar refractivity (Wildman–Crippen MR) is 72.4 cm³/mol. The first-order valence-corrected chi connectivity index (χ1v) is 6.54. The largest absolute Gasteiger partial charge is 0.491 e. The van der Waals surface area contributed by atoms with E-state index in [9.17, 15) is 9.90 Å². The molecule has 104 valence electrons. The molecule has 0 saturated carbocycles. The molecule has 5 heteroatoms. The van der Waals surface area contributed by atoms with Crippen molar-refractivity contribution in [1.82, 2.24) is 10.6 Å². The van der Waals surface area contributed by atoms with Crippen LogP contribution >= 0.6 is 0 Å². The Bertz CT molecular complexity index is 431. The molecule has 3 N–H and O–H groups in total. The van der Waals surface area contributed by atoms with Crippen LogP contribution in [0.4, 0.5) is 0 Å². The number of carbonyl (C=O) groups is 1. The van der Waals surface area contributed by atoms with Crippen LogP contribution in [0.5, 0.6) is 5.75 Å². The Morgan fingerprint density at radius 3 is 2.47 bits per heavy atom. The van der Waals surface area contributed by atoms with Gasteiger partial charge >= 0.3 is 5.97 Å². The normalized spacial score (nSPS) is 23.3. The molecule has 1 saturated heterocycles. The minimum absolute atomic E-state index is 0.132. The van der Waals surface area contributed by atoms with Crippen molar-refractivity contribution in [3.8, 4) is 5.75 Å². The number of hydrogen-bond donors (Lipinski definition) is 3. The number of rotatable bonds is 4. The van der Waals surface area contributed by atoms with Crippen LogP contribution in [0.3, 0.4) is 0 Å². The first-order chi connectivity index (χ1) is 9.08. The second-order valence-electron chi connectivity index (χ2n) is 4.94. The van der Waals surface area contributed by atoms with Gasteiger partial charge in [0.15, 0.2) is 0 Å². The average Bonchev–Trinajstić information content (AvgIpc) is 2.39. The van der Waals surface area contributed by atoms with Gasteiger partial charge in [-0.05, 0) is 31.5 Å². The van der Waals surface area contributed by atoms with E-state index in [-0.39, 0.29) is 12.1 Å². The Kier molecular flexibility index (Phi) is 4.39. The summed E-state index contributed by atoms with van der Waals surface area (Å²) in [6, 6.07) is 6.79. The van der Waals surface area contributed by atoms with Crippen molar-refractivity contribution in [1.29, 1.82) is 0 Å². The van der Waals surface area contributed by atoms with E-state index in [0.717, 1.165) is 17.9 Å². The average molecular weight is 264 g/mol. The second-order valence-corrected chi connectivity index (χ2v) is 4.94. The van der Waals surface area contributed by atoms with Crippen LogP contribution < -0.4 is 15.4 Å². The van der Waals surface area contributed by atoms with E-state index in [1.54, 1.807) is 0 Å². The molecular weight excluding hydrogens is 244 g/mol. The molecule has 0 amide bonds. The van der Waals surface area contributed by atoms with Crippen molar-refractivity contribution in [3.63, 3.8) is 0 Å². The van der Waals surface area contributed by atoms with E-state index in [2.05, 4.69) is 10.6 Å². The Morgan fingerprint density at radius 1 is 1.26 bits per heavy atom. The lowest BCUT2D eigenvalue weighted by Gasteiger charge is -2.31. The van der Waals surface area contributed by atoms with Crippen molar-refractivity contribution < 1.29 is 14.6 Å². The topological polar surface area (TPSA) is 70.6 Å². The van der Waals surface area contributed by atoms with Gasteiger partial charge < -0.3 is 20.5 Å². The molecular formula is C14H20N2O3. The fourth-order valence-electron chi connectivity index (χ4n) is 2.26. The van der Waals surface area contributed by atoms with Crippen LogP contribution in [-0.2, 0) is 4.79 Å². The SMILES string of the molecule is CC(C)Oc1ccc(C2NCCNC2C(=O)O)cc1. The summed E-state index contributed by atoms with van der Waals surface area (Å²) in [5, 5.41) is 15.5. The van der Waals surface area contributed by atoms with Crippen LogP contribution in [-0.4, -0.2) is 36.3 Å². The quantitative estimate of drug-likeness (QED) is 0.761. The van der Waals surface area contributed by atoms with Gasteiger partial charge in [-0.3, -0.25) is 4.79 Å². The van der Waals surface area contributed by atoms with E-state index in [0.29, 0.717) is 6.54 Å². The molecule has 19 heavy (non-hydrogen) atoms. The molecule has 2 atom stereocenters. The lowest BCUT2D eigenvalue weighted by Crippen LogP contribution is -2.54. The van der Waals surface area contributed by atoms with Crippen molar-refractivity contribution in [2.45, 2.75) is 32.0 Å². The molecule has 1 aliphatic rings. The van der Waals surface area contributed by atoms with Gasteiger partial charge in [-0.25, -0.2) is 0 Å². The van der Waals surface area contributed by atoms with Gasteiger partial charge in [-0.2, -0.15) is 0 Å². The van der Waals surface area contributed by atoms with Crippen LogP contribution in [0.25, 0.3) is 0 Å². The maximum Gasteiger partial charge on any atom is 0.322 e. The van der Waals surface area contributed by atoms with E-state index in [1.165, 1.54) is 0 Å². The number of carboxylic acids is 1. The van der Waals surface area contributed by atoms with Gasteiger partial charge in [0.2, 0.25) is 0 Å². The zero-order valence-electron chi connectivity index (χ0n) is 11.2. The van der Waals surface area contributed by atoms with Gasteiger partial charge in [0.05, 0.1) is 12.1 Å². The van der Waals surface area contributed by atoms with Crippen LogP contribution in [0, 0.1) is 0 Å². The standard InChI is InChI=1S/C14H20N2O3/c1-9(2)19-11-5-3-10(4-6-11)12-13(14(17)18)16-8-7-15-12/h3-6,9,12-13,15-16H,7-8H2,1-2H3,(H,17,18). The van der Waals surface area contributed by atoms with Gasteiger partial charge in [0.25, 0.3) is 0 Å². The van der Waals surface area contributed by atoms with Crippen molar-refractivity contribution in [3.05, 3.63) is 29.8 Å². The van der Waals surface area contributed by atoms with Crippen LogP contribution in [0.1, 0.15) is 25.5 Å². The third kappa shape index (κ3) is 3.45. The molecule has 0 radical (unpaired) electrons. The molecule has 1 aliphatic heterocycles. The van der Waals surface area contributed by atoms with E-state index >= 15 is 0 Å². The highest BCUT2D eigenvalue weighted by Crippen LogP contribution is 2.22. The Hall–Kier alpha value is -1.59. The fourth-order valence-corrected chi connectivity index (χ4v) is 2.26. The zero-order valence-corrected chi connectivity index (χ0v) is 11.2. The van der Waals surface area contributed by atoms with E-state index in [1.807, 2.05) is 38.1 Å². The number of piperazine rings is 1. The molecule has 0 aromatic heterocycles. The highest BCUT2D eigenvalue weighted by atomic mass is 16.5. The summed E-state index contributed by atoms with van der Waals surface area (Å²) in [7, 11) is 0. The Labute approximate surface area is 113 Å². The number of aliphatic carboxylic acids is 1. The molecule has 1 aromatic carbocycles. The highest BCUT2D eigenvalue weighted by Gasteiger charge is 2.31. The molecule has 0 bridgehead atoms. The van der Waals surface area contributed by atoms with Crippen molar-refractivity contribution in [2.75, 3.05) is 13.1 Å². The Balaban J connectivity index is 2.13. The fraction of sp³-hybridized carbons (Fsp3) is 0.500. The summed E-state index contributed by atoms with van der Waals surface area (Å²) in [5.41, 5.74) is 0.954. The first-order valence-electron chi connectivity index (χ1n) is 6.54. The summed E-state index contributed by atoms with van der Waals surface area (Å²) < 4.78 is 5.58. The third-order valence-electron chi connectivity index (χ3n) is 3.06. The van der Waals surface area contributed by atoms with Gasteiger partial charge in [-0.15, -0.1) is 0 Å². The molecule has 0 aliphatic carbocycles. The van der Waals surface area contributed by atoms with Crippen LogP contribution in [0.15, 0.2) is 24.3 Å². The minimum Gasteiger partial charge on any atom is -0.491 e. The second kappa shape index (κ2) is 6.04. The monoisotopic (exact) mass is 264 g/mol. The number of carboxylic acid groups (broad SMARTS) is 1. The van der Waals surface area contributed by atoms with E-state index < -0.39 is 12.0 Å². The van der Waals surface area contributed by atoms with E-state index in [4.69, 9.17) is 4.74 Å². The summed E-state index contributed by atoms with van der Waals surface area (Å²) in [4.78, 5) is 11.2. The summed E-state index contributed by atoms with van der Waals surface area (Å²) in [6.07, 6.45) is 0.132. The summed E-state index contributed by atoms with van der Waals surface area (Å²) in [5.74, 6) is -0.0332. The molecule has 1 aromatic rings. The smallest absolute Gasteiger partial charge is 0.322 e. The molecule has 0 spiro atoms. The Morgan fingerprint density at radius 2 is 1.89 bits per heavy atom. The molecule has 2 unspecified atom stereocenters. The van der Waals surface area contributed by atoms with Crippen LogP contribution in [0.2, 0.25) is 0 Å². The lowest BCUT2D eigenvalue weighted by atomic mass is 9.97. The number of nitrogens with one attached hydrogen (secondary N) is 2. The maximum absolute atomic E-state index is 11.2. The molecule has 5 nitrogen and oxygen atoms in total. The molecule has 1 fully saturated rings. The lowest BCUT2D eigenvalue weighted by molar-refractivity contribution is -0.140. The number of ether oxygens (including phenoxy) is 1. The minimum atomic E-state index is -0.834. The zero-order chi connectivity index (χ0) is 13.8. The first kappa shape index (κ1) is 13.8. The third-order valence-corrected chi connectivity index (χ3v) is 3.06. The van der Waals surface area contributed by atoms with Crippen molar-refractivity contribution in [2.24, 2.45) is 0 Å². The van der Waals surface area contributed by atoms with Gasteiger partial charge in [0.1, 0.15) is 11.8 Å². The molecule has 1 heterocycles.